The minimum atomic E-state index is 0.424. The van der Waals surface area contributed by atoms with Gasteiger partial charge in [-0.25, -0.2) is 0 Å². The second-order valence-electron chi connectivity index (χ2n) is 2.20. The summed E-state index contributed by atoms with van der Waals surface area (Å²) in [6.07, 6.45) is 4.14. The van der Waals surface area contributed by atoms with Gasteiger partial charge in [0.05, 0.1) is 0 Å². The summed E-state index contributed by atoms with van der Waals surface area (Å²) in [7, 11) is 1.56. The summed E-state index contributed by atoms with van der Waals surface area (Å²) >= 11 is 0. The molecule has 1 unspecified atom stereocenters. The van der Waals surface area contributed by atoms with Crippen molar-refractivity contribution in [2.45, 2.75) is 20.8 Å². The minimum absolute atomic E-state index is 0.424. The third-order valence-electron chi connectivity index (χ3n) is 1.43. The molecule has 0 aromatic rings. The molecule has 0 bridgehead atoms. The Bertz CT molecular complexity index is 40.5. The Morgan fingerprint density at radius 1 is 1.10 bits per heavy atom. The molecule has 0 nitrogen and oxygen atoms in total. The van der Waals surface area contributed by atoms with Gasteiger partial charge in [-0.1, -0.05) is 20.8 Å². The van der Waals surface area contributed by atoms with Crippen LogP contribution < -0.4 is 0 Å². The van der Waals surface area contributed by atoms with E-state index in [0.29, 0.717) is 7.92 Å². The first kappa shape index (κ1) is 13.4. The van der Waals surface area contributed by atoms with Crippen molar-refractivity contribution in [1.29, 1.82) is 0 Å². The molecular weight excluding hydrogens is 158 g/mol. The van der Waals surface area contributed by atoms with Crippen LogP contribution in [-0.2, 0) is 0 Å². The van der Waals surface area contributed by atoms with Crippen LogP contribution in [0.5, 0.6) is 0 Å². The van der Waals surface area contributed by atoms with Gasteiger partial charge in [0, 0.05) is 0 Å². The Kier molecular flexibility index (Phi) is 16.9. The lowest BCUT2D eigenvalue weighted by molar-refractivity contribution is 1.41. The van der Waals surface area contributed by atoms with Crippen LogP contribution in [0.2, 0.25) is 0 Å². The van der Waals surface area contributed by atoms with Crippen molar-refractivity contribution < 1.29 is 0 Å². The van der Waals surface area contributed by atoms with Crippen LogP contribution in [-0.4, -0.2) is 31.8 Å². The fraction of sp³-hybridized carbons (Fsp3) is 1.00. The average molecular weight is 180 g/mol. The van der Waals surface area contributed by atoms with E-state index >= 15 is 0 Å². The van der Waals surface area contributed by atoms with Gasteiger partial charge in [0.25, 0.3) is 0 Å². The monoisotopic (exact) mass is 180 g/mol. The van der Waals surface area contributed by atoms with E-state index in [1.165, 1.54) is 18.5 Å². The zero-order valence-electron chi connectivity index (χ0n) is 8.07. The maximum Gasteiger partial charge on any atom is -0.0357 e. The van der Waals surface area contributed by atoms with E-state index in [1.54, 1.807) is 0 Å². The highest BCUT2D eigenvalue weighted by Crippen LogP contribution is 2.27. The van der Waals surface area contributed by atoms with Crippen molar-refractivity contribution in [3.8, 4) is 0 Å². The van der Waals surface area contributed by atoms with Crippen molar-refractivity contribution in [2.75, 3.05) is 31.8 Å². The molecule has 0 saturated carbocycles. The van der Waals surface area contributed by atoms with E-state index in [0.717, 1.165) is 8.58 Å². The van der Waals surface area contributed by atoms with Crippen LogP contribution in [0, 0.1) is 0 Å². The lowest BCUT2D eigenvalue weighted by Crippen LogP contribution is -1.75. The molecule has 1 atom stereocenters. The molecule has 0 amide bonds. The summed E-state index contributed by atoms with van der Waals surface area (Å²) in [6.45, 7) is 11.3. The predicted octanol–water partition coefficient (Wildman–Crippen LogP) is 3.45. The van der Waals surface area contributed by atoms with Crippen LogP contribution in [0.4, 0.5) is 0 Å². The molecule has 0 aliphatic carbocycles. The third-order valence-corrected chi connectivity index (χ3v) is 4.30. The van der Waals surface area contributed by atoms with Crippen LogP contribution >= 0.6 is 16.5 Å². The molecule has 0 saturated heterocycles. The SMILES string of the molecule is CCP(C)CC.CCPC. The van der Waals surface area contributed by atoms with Gasteiger partial charge in [-0.3, -0.25) is 0 Å². The van der Waals surface area contributed by atoms with E-state index in [9.17, 15) is 0 Å². The molecule has 2 heteroatoms. The standard InChI is InChI=1S/C5H13P.C3H9P/c1-4-6(3)5-2;1-3-4-2/h4-5H2,1-3H3;4H,3H2,1-2H3. The highest BCUT2D eigenvalue weighted by atomic mass is 31.1. The quantitative estimate of drug-likeness (QED) is 0.583. The molecule has 0 aliphatic rings. The van der Waals surface area contributed by atoms with Crippen molar-refractivity contribution in [2.24, 2.45) is 0 Å². The normalized spacial score (nSPS) is 10.2. The Morgan fingerprint density at radius 2 is 1.40 bits per heavy atom. The lowest BCUT2D eigenvalue weighted by atomic mass is 11.0. The molecule has 0 aliphatic heterocycles. The molecular formula is C8H22P2. The van der Waals surface area contributed by atoms with E-state index in [4.69, 9.17) is 0 Å². The van der Waals surface area contributed by atoms with Crippen LogP contribution in [0.25, 0.3) is 0 Å². The highest BCUT2D eigenvalue weighted by Gasteiger charge is 1.87. The topological polar surface area (TPSA) is 0 Å². The summed E-state index contributed by atoms with van der Waals surface area (Å²) in [5.41, 5.74) is 0. The van der Waals surface area contributed by atoms with Crippen molar-refractivity contribution in [1.82, 2.24) is 0 Å². The summed E-state index contributed by atoms with van der Waals surface area (Å²) in [5.74, 6) is 0. The molecule has 64 valence electrons. The second kappa shape index (κ2) is 12.5. The fourth-order valence-corrected chi connectivity index (χ4v) is 0.671. The summed E-state index contributed by atoms with van der Waals surface area (Å²) in [6, 6.07) is 0. The summed E-state index contributed by atoms with van der Waals surface area (Å²) in [4.78, 5) is 0. The number of rotatable bonds is 3. The van der Waals surface area contributed by atoms with E-state index in [1.807, 2.05) is 0 Å². The van der Waals surface area contributed by atoms with Crippen molar-refractivity contribution in [3.63, 3.8) is 0 Å². The Labute approximate surface area is 69.7 Å². The lowest BCUT2D eigenvalue weighted by Gasteiger charge is -2.00. The molecule has 0 aromatic carbocycles. The molecule has 0 N–H and O–H groups in total. The molecule has 0 aromatic heterocycles. The van der Waals surface area contributed by atoms with E-state index in [2.05, 4.69) is 34.1 Å². The maximum absolute atomic E-state index is 2.34. The zero-order chi connectivity index (χ0) is 8.41. The molecule has 10 heavy (non-hydrogen) atoms. The first-order valence-electron chi connectivity index (χ1n) is 4.05. The second-order valence-corrected chi connectivity index (χ2v) is 6.59. The first-order valence-corrected chi connectivity index (χ1v) is 7.92. The van der Waals surface area contributed by atoms with E-state index < -0.39 is 0 Å². The Morgan fingerprint density at radius 3 is 1.40 bits per heavy atom. The first-order chi connectivity index (χ1) is 4.72. The number of hydrogen-bond donors (Lipinski definition) is 0. The van der Waals surface area contributed by atoms with Crippen molar-refractivity contribution >= 4 is 16.5 Å². The molecule has 0 rings (SSSR count). The Hall–Kier alpha value is 0.860. The molecule has 0 spiro atoms. The van der Waals surface area contributed by atoms with Gasteiger partial charge >= 0.3 is 0 Å². The minimum Gasteiger partial charge on any atom is -0.126 e. The van der Waals surface area contributed by atoms with Crippen molar-refractivity contribution in [3.05, 3.63) is 0 Å². The maximum atomic E-state index is 2.34. The van der Waals surface area contributed by atoms with Crippen LogP contribution in [0.15, 0.2) is 0 Å². The largest absolute Gasteiger partial charge is 0.126 e. The third kappa shape index (κ3) is 15.9. The van der Waals surface area contributed by atoms with Crippen LogP contribution in [0.1, 0.15) is 20.8 Å². The molecule has 0 fully saturated rings. The fourth-order valence-electron chi connectivity index (χ4n) is 0.224. The smallest absolute Gasteiger partial charge is 0.0357 e. The highest BCUT2D eigenvalue weighted by molar-refractivity contribution is 7.56. The van der Waals surface area contributed by atoms with Gasteiger partial charge in [0.15, 0.2) is 0 Å². The van der Waals surface area contributed by atoms with Gasteiger partial charge < -0.3 is 0 Å². The van der Waals surface area contributed by atoms with Gasteiger partial charge in [0.1, 0.15) is 0 Å². The number of hydrogen-bond acceptors (Lipinski definition) is 0. The van der Waals surface area contributed by atoms with Gasteiger partial charge in [-0.05, 0) is 31.8 Å². The van der Waals surface area contributed by atoms with Gasteiger partial charge in [-0.15, -0.1) is 16.5 Å². The predicted molar refractivity (Wildman–Crippen MR) is 58.7 cm³/mol. The van der Waals surface area contributed by atoms with E-state index in [-0.39, 0.29) is 0 Å². The average Bonchev–Trinajstić information content (AvgIpc) is 2.03. The zero-order valence-corrected chi connectivity index (χ0v) is 9.96. The molecule has 0 heterocycles. The van der Waals surface area contributed by atoms with Gasteiger partial charge in [-0.2, -0.15) is 0 Å². The van der Waals surface area contributed by atoms with Gasteiger partial charge in [0.2, 0.25) is 0 Å². The Balaban J connectivity index is 0. The van der Waals surface area contributed by atoms with Crippen LogP contribution in [0.3, 0.4) is 0 Å². The molecule has 0 radical (unpaired) electrons. The summed E-state index contributed by atoms with van der Waals surface area (Å²) in [5, 5.41) is 0. The summed E-state index contributed by atoms with van der Waals surface area (Å²) < 4.78 is 0.